The van der Waals surface area contributed by atoms with Gasteiger partial charge in [-0.15, -0.1) is 0 Å². The number of allylic oxidation sites excluding steroid dienone is 1. The molecule has 2 aliphatic heterocycles. The molecule has 57 heavy (non-hydrogen) atoms. The SMILES string of the molecule is COc1ccc2nc(O[C@@H]3C[C@H]4C(=O)N[C@]5(C(=O)NS(=O)(=O)C6(C)CC6)C[C@H]5/C=C/CCCCC[C@H](NC(=O)OCC(C)(C)C)C(=O)N4C3)c(C(F)(F)F)nc2c1. The first-order valence-electron chi connectivity index (χ1n) is 19.0. The minimum atomic E-state index is -5.01. The van der Waals surface area contributed by atoms with Crippen LogP contribution in [0.5, 0.6) is 11.6 Å². The Morgan fingerprint density at radius 1 is 1.07 bits per heavy atom. The van der Waals surface area contributed by atoms with Gasteiger partial charge in [0.05, 0.1) is 36.0 Å². The summed E-state index contributed by atoms with van der Waals surface area (Å²) in [5.74, 6) is -3.68. The van der Waals surface area contributed by atoms with E-state index in [-0.39, 0.29) is 48.1 Å². The van der Waals surface area contributed by atoms with Gasteiger partial charge in [-0.05, 0) is 63.0 Å². The van der Waals surface area contributed by atoms with Gasteiger partial charge in [-0.25, -0.2) is 23.2 Å². The highest BCUT2D eigenvalue weighted by Crippen LogP contribution is 2.47. The van der Waals surface area contributed by atoms with Crippen LogP contribution in [0.4, 0.5) is 18.0 Å². The maximum atomic E-state index is 14.4. The predicted molar refractivity (Wildman–Crippen MR) is 199 cm³/mol. The van der Waals surface area contributed by atoms with E-state index >= 15 is 0 Å². The number of hydrogen-bond donors (Lipinski definition) is 3. The molecule has 3 heterocycles. The van der Waals surface area contributed by atoms with Gasteiger partial charge in [-0.1, -0.05) is 45.8 Å². The maximum absolute atomic E-state index is 14.4. The van der Waals surface area contributed by atoms with Crippen molar-refractivity contribution in [3.63, 3.8) is 0 Å². The minimum absolute atomic E-state index is 0.0397. The van der Waals surface area contributed by atoms with Crippen molar-refractivity contribution < 1.29 is 55.0 Å². The van der Waals surface area contributed by atoms with E-state index in [1.165, 1.54) is 32.2 Å². The van der Waals surface area contributed by atoms with Crippen LogP contribution in [0.25, 0.3) is 11.0 Å². The second-order valence-corrected chi connectivity index (χ2v) is 19.0. The first kappa shape index (κ1) is 41.9. The molecule has 3 fully saturated rings. The van der Waals surface area contributed by atoms with E-state index < -0.39 is 92.5 Å². The Morgan fingerprint density at radius 2 is 1.81 bits per heavy atom. The number of methoxy groups -OCH3 is 1. The number of amides is 4. The monoisotopic (exact) mass is 822 g/mol. The molecule has 19 heteroatoms. The van der Waals surface area contributed by atoms with Crippen LogP contribution in [0.2, 0.25) is 0 Å². The zero-order valence-corrected chi connectivity index (χ0v) is 33.3. The van der Waals surface area contributed by atoms with Crippen molar-refractivity contribution >= 4 is 44.9 Å². The van der Waals surface area contributed by atoms with Crippen molar-refractivity contribution in [1.82, 2.24) is 30.2 Å². The standard InChI is InChI=1S/C38H49F3N6O9S/c1-35(2,3)21-55-34(51)44-26-12-10-8-6-7-9-11-22-19-37(22,33(50)46-57(52,53)36(4)15-16-36)45-30(48)28-18-24(20-47(28)32(26)49)56-31-29(38(39,40)41)42-27-17-23(54-5)13-14-25(27)43-31/h9,11,13-14,17,22,24,26,28H,6-8,10,12,15-16,18-21H2,1-5H3,(H,44,51)(H,45,48)(H,46,50)/b11-9+/t22-,24-,26+,28+,37-/m1/s1. The number of rotatable bonds is 8. The number of aromatic nitrogens is 2. The van der Waals surface area contributed by atoms with Crippen molar-refractivity contribution in [1.29, 1.82) is 0 Å². The number of carbonyl (C=O) groups is 4. The van der Waals surface area contributed by atoms with E-state index in [4.69, 9.17) is 14.2 Å². The summed E-state index contributed by atoms with van der Waals surface area (Å²) in [6.07, 6.45) is -0.422. The number of fused-ring (bicyclic) bond motifs is 3. The first-order chi connectivity index (χ1) is 26.6. The topological polar surface area (TPSA) is 195 Å². The van der Waals surface area contributed by atoms with Gasteiger partial charge in [-0.2, -0.15) is 13.2 Å². The number of alkyl carbamates (subject to hydrolysis) is 1. The Hall–Kier alpha value is -4.68. The second kappa shape index (κ2) is 15.6. The van der Waals surface area contributed by atoms with Gasteiger partial charge in [0.15, 0.2) is 0 Å². The molecule has 1 saturated heterocycles. The molecule has 0 bridgehead atoms. The molecule has 2 saturated carbocycles. The van der Waals surface area contributed by atoms with Crippen LogP contribution in [0.15, 0.2) is 30.4 Å². The fourth-order valence-electron chi connectivity index (χ4n) is 6.98. The molecule has 0 radical (unpaired) electrons. The number of hydrogen-bond acceptors (Lipinski definition) is 11. The first-order valence-corrected chi connectivity index (χ1v) is 20.5. The fourth-order valence-corrected chi connectivity index (χ4v) is 8.29. The summed E-state index contributed by atoms with van der Waals surface area (Å²) in [4.78, 5) is 64.6. The number of carbonyl (C=O) groups excluding carboxylic acids is 4. The van der Waals surface area contributed by atoms with Crippen LogP contribution in [0.3, 0.4) is 0 Å². The highest BCUT2D eigenvalue weighted by Gasteiger charge is 2.63. The summed E-state index contributed by atoms with van der Waals surface area (Å²) in [6, 6.07) is 1.59. The summed E-state index contributed by atoms with van der Waals surface area (Å²) >= 11 is 0. The van der Waals surface area contributed by atoms with Crippen LogP contribution in [-0.2, 0) is 35.3 Å². The third-order valence-electron chi connectivity index (χ3n) is 10.8. The molecule has 4 aliphatic rings. The molecule has 1 aromatic carbocycles. The summed E-state index contributed by atoms with van der Waals surface area (Å²) < 4.78 is 86.9. The van der Waals surface area contributed by atoms with Crippen molar-refractivity contribution in [3.05, 3.63) is 36.0 Å². The van der Waals surface area contributed by atoms with E-state index in [2.05, 4.69) is 25.3 Å². The lowest BCUT2D eigenvalue weighted by atomic mass is 9.99. The third-order valence-corrected chi connectivity index (χ3v) is 12.9. The molecular weight excluding hydrogens is 774 g/mol. The average Bonchev–Trinajstić information content (AvgIpc) is 4.01. The van der Waals surface area contributed by atoms with E-state index in [0.717, 1.165) is 4.90 Å². The van der Waals surface area contributed by atoms with Crippen LogP contribution in [0.1, 0.15) is 91.2 Å². The maximum Gasteiger partial charge on any atom is 0.438 e. The van der Waals surface area contributed by atoms with Crippen LogP contribution < -0.4 is 24.8 Å². The van der Waals surface area contributed by atoms with Crippen molar-refractivity contribution in [2.24, 2.45) is 11.3 Å². The van der Waals surface area contributed by atoms with E-state index in [1.807, 2.05) is 26.8 Å². The van der Waals surface area contributed by atoms with E-state index in [9.17, 15) is 40.8 Å². The van der Waals surface area contributed by atoms with Crippen LogP contribution >= 0.6 is 0 Å². The molecule has 15 nitrogen and oxygen atoms in total. The molecule has 2 aliphatic carbocycles. The number of ether oxygens (including phenoxy) is 3. The third kappa shape index (κ3) is 9.39. The fraction of sp³-hybridized carbons (Fsp3) is 0.632. The lowest BCUT2D eigenvalue weighted by Crippen LogP contribution is -2.58. The molecule has 3 N–H and O–H groups in total. The Morgan fingerprint density at radius 3 is 2.47 bits per heavy atom. The van der Waals surface area contributed by atoms with Gasteiger partial charge >= 0.3 is 12.3 Å². The molecule has 1 aromatic heterocycles. The zero-order valence-electron chi connectivity index (χ0n) is 32.5. The van der Waals surface area contributed by atoms with Gasteiger partial charge in [-0.3, -0.25) is 19.1 Å². The quantitative estimate of drug-likeness (QED) is 0.317. The molecule has 4 amide bonds. The zero-order chi connectivity index (χ0) is 41.6. The summed E-state index contributed by atoms with van der Waals surface area (Å²) in [5.41, 5.74) is -3.54. The number of nitrogens with one attached hydrogen (secondary N) is 3. The largest absolute Gasteiger partial charge is 0.497 e. The number of halogens is 3. The van der Waals surface area contributed by atoms with Crippen molar-refractivity contribution in [3.8, 4) is 11.6 Å². The van der Waals surface area contributed by atoms with Gasteiger partial charge < -0.3 is 29.7 Å². The highest BCUT2D eigenvalue weighted by molar-refractivity contribution is 7.91. The van der Waals surface area contributed by atoms with Crippen LogP contribution in [-0.4, -0.2) is 95.8 Å². The predicted octanol–water partition coefficient (Wildman–Crippen LogP) is 4.54. The van der Waals surface area contributed by atoms with Crippen LogP contribution in [0, 0.1) is 11.3 Å². The van der Waals surface area contributed by atoms with Gasteiger partial charge in [0.25, 0.3) is 5.91 Å². The Kier molecular flexibility index (Phi) is 11.5. The molecule has 0 spiro atoms. The Labute approximate surface area is 328 Å². The Bertz CT molecular complexity index is 2050. The van der Waals surface area contributed by atoms with E-state index in [0.29, 0.717) is 38.5 Å². The molecule has 0 unspecified atom stereocenters. The minimum Gasteiger partial charge on any atom is -0.497 e. The average molecular weight is 823 g/mol. The number of sulfonamides is 1. The summed E-state index contributed by atoms with van der Waals surface area (Å²) in [6.45, 7) is 6.73. The summed E-state index contributed by atoms with van der Waals surface area (Å²) in [5, 5.41) is 5.34. The normalized spacial score (nSPS) is 27.1. The number of alkyl halides is 3. The van der Waals surface area contributed by atoms with E-state index in [1.54, 1.807) is 6.08 Å². The van der Waals surface area contributed by atoms with Crippen molar-refractivity contribution in [2.45, 2.75) is 120 Å². The van der Waals surface area contributed by atoms with Gasteiger partial charge in [0, 0.05) is 18.4 Å². The number of benzene rings is 1. The smallest absolute Gasteiger partial charge is 0.438 e. The lowest BCUT2D eigenvalue weighted by Gasteiger charge is -2.30. The molecular formula is C38H49F3N6O9S. The Balaban J connectivity index is 1.33. The molecule has 5 atom stereocenters. The van der Waals surface area contributed by atoms with Crippen molar-refractivity contribution in [2.75, 3.05) is 20.3 Å². The lowest BCUT2D eigenvalue weighted by molar-refractivity contribution is -0.143. The second-order valence-electron chi connectivity index (χ2n) is 16.8. The molecule has 312 valence electrons. The number of nitrogens with zero attached hydrogens (tertiary/aromatic N) is 3. The molecule has 6 rings (SSSR count). The van der Waals surface area contributed by atoms with Gasteiger partial charge in [0.2, 0.25) is 33.4 Å². The highest BCUT2D eigenvalue weighted by atomic mass is 32.2. The molecule has 2 aromatic rings. The summed E-state index contributed by atoms with van der Waals surface area (Å²) in [7, 11) is -2.74. The van der Waals surface area contributed by atoms with Gasteiger partial charge in [0.1, 0.15) is 29.5 Å².